The number of hydrogen-bond donors (Lipinski definition) is 0. The van der Waals surface area contributed by atoms with E-state index in [-0.39, 0.29) is 5.78 Å². The van der Waals surface area contributed by atoms with E-state index in [0.29, 0.717) is 41.0 Å². The van der Waals surface area contributed by atoms with E-state index in [2.05, 4.69) is 4.98 Å². The largest absolute Gasteiger partial charge is 0.486 e. The molecule has 0 radical (unpaired) electrons. The highest BCUT2D eigenvalue weighted by Gasteiger charge is 2.19. The molecule has 0 N–H and O–H groups in total. The van der Waals surface area contributed by atoms with E-state index in [1.165, 1.54) is 6.08 Å². The smallest absolute Gasteiger partial charge is 0.179 e. The summed E-state index contributed by atoms with van der Waals surface area (Å²) in [5.74, 6) is -0.227. The van der Waals surface area contributed by atoms with Crippen LogP contribution in [0.15, 0.2) is 42.6 Å². The Labute approximate surface area is 144 Å². The molecule has 1 aliphatic heterocycles. The number of carbonyl (C=O) groups excluding carboxylic acids is 1. The first-order valence-electron chi connectivity index (χ1n) is 7.30. The van der Waals surface area contributed by atoms with Gasteiger partial charge in [-0.2, -0.15) is 5.26 Å². The Morgan fingerprint density at radius 1 is 1.33 bits per heavy atom. The van der Waals surface area contributed by atoms with Crippen molar-refractivity contribution in [3.05, 3.63) is 58.9 Å². The molecule has 6 heteroatoms. The first-order valence-corrected chi connectivity index (χ1v) is 7.68. The highest BCUT2D eigenvalue weighted by Crippen LogP contribution is 2.38. The molecule has 120 valence electrons. The Balaban J connectivity index is 1.81. The number of carbonyl (C=O) groups is 1. The van der Waals surface area contributed by atoms with Gasteiger partial charge in [-0.15, -0.1) is 0 Å². The molecule has 2 heterocycles. The molecule has 3 rings (SSSR count). The lowest BCUT2D eigenvalue weighted by atomic mass is 10.00. The van der Waals surface area contributed by atoms with Gasteiger partial charge in [-0.1, -0.05) is 23.7 Å². The van der Waals surface area contributed by atoms with Crippen molar-refractivity contribution in [3.63, 3.8) is 0 Å². The molecule has 2 aromatic rings. The third-order valence-corrected chi connectivity index (χ3v) is 3.74. The SMILES string of the molecule is N#C[C@@H](C(=O)/C=C/c1cc(Cl)c2c(c1)OCCO2)c1ccccn1. The fourth-order valence-corrected chi connectivity index (χ4v) is 2.60. The number of nitrogens with zero attached hydrogens (tertiary/aromatic N) is 2. The summed E-state index contributed by atoms with van der Waals surface area (Å²) in [5, 5.41) is 9.66. The predicted octanol–water partition coefficient (Wildman–Crippen LogP) is 3.40. The third kappa shape index (κ3) is 3.39. The minimum absolute atomic E-state index is 0.345. The van der Waals surface area contributed by atoms with Gasteiger partial charge in [0.05, 0.1) is 16.8 Å². The number of fused-ring (bicyclic) bond motifs is 1. The topological polar surface area (TPSA) is 72.2 Å². The van der Waals surface area contributed by atoms with Crippen LogP contribution in [-0.2, 0) is 4.79 Å². The minimum atomic E-state index is -0.935. The Kier molecular flexibility index (Phi) is 4.78. The number of allylic oxidation sites excluding steroid dienone is 1. The molecule has 0 saturated carbocycles. The van der Waals surface area contributed by atoms with E-state index >= 15 is 0 Å². The number of hydrogen-bond acceptors (Lipinski definition) is 5. The fraction of sp³-hybridized carbons (Fsp3) is 0.167. The molecule has 1 aromatic heterocycles. The molecule has 0 saturated heterocycles. The van der Waals surface area contributed by atoms with Gasteiger partial charge in [0.1, 0.15) is 13.2 Å². The molecular formula is C18H13ClN2O3. The van der Waals surface area contributed by atoms with Crippen LogP contribution in [0.5, 0.6) is 11.5 Å². The average Bonchev–Trinajstić information content (AvgIpc) is 2.61. The number of ketones is 1. The Bertz CT molecular complexity index is 828. The van der Waals surface area contributed by atoms with Gasteiger partial charge in [-0.3, -0.25) is 9.78 Å². The van der Waals surface area contributed by atoms with Crippen molar-refractivity contribution >= 4 is 23.5 Å². The quantitative estimate of drug-likeness (QED) is 0.798. The number of ether oxygens (including phenoxy) is 2. The van der Waals surface area contributed by atoms with Crippen LogP contribution in [0.2, 0.25) is 5.02 Å². The van der Waals surface area contributed by atoms with Gasteiger partial charge in [0, 0.05) is 6.20 Å². The van der Waals surface area contributed by atoms with Gasteiger partial charge in [-0.05, 0) is 35.9 Å². The normalized spacial score (nSPS) is 14.2. The van der Waals surface area contributed by atoms with Crippen molar-refractivity contribution in [3.8, 4) is 17.6 Å². The van der Waals surface area contributed by atoms with Gasteiger partial charge in [-0.25, -0.2) is 0 Å². The van der Waals surface area contributed by atoms with E-state index in [4.69, 9.17) is 21.1 Å². The van der Waals surface area contributed by atoms with Crippen molar-refractivity contribution in [2.75, 3.05) is 13.2 Å². The van der Waals surface area contributed by atoms with Crippen molar-refractivity contribution in [2.45, 2.75) is 5.92 Å². The molecule has 0 aliphatic carbocycles. The standard InChI is InChI=1S/C18H13ClN2O3/c19-14-9-12(10-17-18(14)24-8-7-23-17)4-5-16(22)13(11-20)15-3-1-2-6-21-15/h1-6,9-10,13H,7-8H2/b5-4+/t13-/m1/s1. The predicted molar refractivity (Wildman–Crippen MR) is 89.1 cm³/mol. The average molecular weight is 341 g/mol. The number of benzene rings is 1. The van der Waals surface area contributed by atoms with Crippen molar-refractivity contribution in [1.82, 2.24) is 4.98 Å². The second kappa shape index (κ2) is 7.16. The van der Waals surface area contributed by atoms with E-state index < -0.39 is 5.92 Å². The summed E-state index contributed by atoms with van der Waals surface area (Å²) in [7, 11) is 0. The zero-order valence-electron chi connectivity index (χ0n) is 12.6. The van der Waals surface area contributed by atoms with Gasteiger partial charge < -0.3 is 9.47 Å². The lowest BCUT2D eigenvalue weighted by Gasteiger charge is -2.19. The molecular weight excluding hydrogens is 328 g/mol. The highest BCUT2D eigenvalue weighted by molar-refractivity contribution is 6.32. The summed E-state index contributed by atoms with van der Waals surface area (Å²) in [6.45, 7) is 0.903. The van der Waals surface area contributed by atoms with Crippen LogP contribution in [0.4, 0.5) is 0 Å². The zero-order chi connectivity index (χ0) is 16.9. The van der Waals surface area contributed by atoms with E-state index in [1.54, 1.807) is 42.6 Å². The lowest BCUT2D eigenvalue weighted by Crippen LogP contribution is -2.15. The Morgan fingerprint density at radius 3 is 2.92 bits per heavy atom. The minimum Gasteiger partial charge on any atom is -0.486 e. The summed E-state index contributed by atoms with van der Waals surface area (Å²) in [4.78, 5) is 16.3. The first kappa shape index (κ1) is 16.0. The maximum atomic E-state index is 12.3. The second-order valence-corrected chi connectivity index (χ2v) is 5.49. The van der Waals surface area contributed by atoms with Crippen LogP contribution < -0.4 is 9.47 Å². The number of nitriles is 1. The van der Waals surface area contributed by atoms with E-state index in [9.17, 15) is 10.1 Å². The molecule has 1 aliphatic rings. The van der Waals surface area contributed by atoms with E-state index in [0.717, 1.165) is 0 Å². The van der Waals surface area contributed by atoms with Crippen LogP contribution in [0.25, 0.3) is 6.08 Å². The van der Waals surface area contributed by atoms with E-state index in [1.807, 2.05) is 6.07 Å². The fourth-order valence-electron chi connectivity index (χ4n) is 2.32. The lowest BCUT2D eigenvalue weighted by molar-refractivity contribution is -0.114. The zero-order valence-corrected chi connectivity index (χ0v) is 13.4. The van der Waals surface area contributed by atoms with Gasteiger partial charge in [0.25, 0.3) is 0 Å². The second-order valence-electron chi connectivity index (χ2n) is 5.08. The number of pyridine rings is 1. The number of aromatic nitrogens is 1. The third-order valence-electron chi connectivity index (χ3n) is 3.46. The molecule has 1 aromatic carbocycles. The van der Waals surface area contributed by atoms with Gasteiger partial charge in [0.2, 0.25) is 0 Å². The Hall–Kier alpha value is -2.84. The molecule has 1 atom stereocenters. The van der Waals surface area contributed by atoms with Gasteiger partial charge >= 0.3 is 0 Å². The molecule has 0 spiro atoms. The van der Waals surface area contributed by atoms with Crippen molar-refractivity contribution in [2.24, 2.45) is 0 Å². The van der Waals surface area contributed by atoms with Crippen LogP contribution in [0, 0.1) is 11.3 Å². The monoisotopic (exact) mass is 340 g/mol. The molecule has 24 heavy (non-hydrogen) atoms. The molecule has 0 amide bonds. The molecule has 5 nitrogen and oxygen atoms in total. The molecule has 0 fully saturated rings. The number of rotatable bonds is 4. The highest BCUT2D eigenvalue weighted by atomic mass is 35.5. The van der Waals surface area contributed by atoms with Gasteiger partial charge in [0.15, 0.2) is 23.2 Å². The number of halogens is 1. The van der Waals surface area contributed by atoms with Crippen molar-refractivity contribution in [1.29, 1.82) is 5.26 Å². The van der Waals surface area contributed by atoms with Crippen LogP contribution in [0.1, 0.15) is 17.2 Å². The first-order chi connectivity index (χ1) is 11.7. The maximum Gasteiger partial charge on any atom is 0.179 e. The summed E-state index contributed by atoms with van der Waals surface area (Å²) in [6, 6.07) is 10.5. The summed E-state index contributed by atoms with van der Waals surface area (Å²) < 4.78 is 10.9. The van der Waals surface area contributed by atoms with Crippen molar-refractivity contribution < 1.29 is 14.3 Å². The molecule has 0 bridgehead atoms. The summed E-state index contributed by atoms with van der Waals surface area (Å²) in [6.07, 6.45) is 4.50. The van der Waals surface area contributed by atoms with Crippen LogP contribution >= 0.6 is 11.6 Å². The summed E-state index contributed by atoms with van der Waals surface area (Å²) in [5.41, 5.74) is 1.12. The Morgan fingerprint density at radius 2 is 2.17 bits per heavy atom. The van der Waals surface area contributed by atoms with Crippen LogP contribution in [0.3, 0.4) is 0 Å². The maximum absolute atomic E-state index is 12.3. The molecule has 0 unspecified atom stereocenters. The summed E-state index contributed by atoms with van der Waals surface area (Å²) >= 11 is 6.16. The van der Waals surface area contributed by atoms with Crippen LogP contribution in [-0.4, -0.2) is 24.0 Å².